The molecule has 3 aliphatic heterocycles. The monoisotopic (exact) mass is 437 g/mol. The predicted octanol–water partition coefficient (Wildman–Crippen LogP) is 4.41. The molecule has 2 fully saturated rings. The van der Waals surface area contributed by atoms with Gasteiger partial charge in [0.25, 0.3) is 0 Å². The Morgan fingerprint density at radius 1 is 1.22 bits per heavy atom. The molecule has 0 saturated carbocycles. The minimum atomic E-state index is -0.288. The van der Waals surface area contributed by atoms with Crippen LogP contribution >= 0.6 is 0 Å². The summed E-state index contributed by atoms with van der Waals surface area (Å²) in [7, 11) is 0. The van der Waals surface area contributed by atoms with Crippen molar-refractivity contribution in [3.63, 3.8) is 0 Å². The Labute approximate surface area is 188 Å². The first-order valence-corrected chi connectivity index (χ1v) is 11.8. The number of halogens is 1. The Morgan fingerprint density at radius 3 is 2.81 bits per heavy atom. The fourth-order valence-corrected chi connectivity index (χ4v) is 5.47. The van der Waals surface area contributed by atoms with Crippen molar-refractivity contribution in [1.82, 2.24) is 15.0 Å². The van der Waals surface area contributed by atoms with Crippen LogP contribution in [0.1, 0.15) is 50.6 Å². The molecule has 0 aliphatic carbocycles. The van der Waals surface area contributed by atoms with E-state index in [1.807, 2.05) is 0 Å². The summed E-state index contributed by atoms with van der Waals surface area (Å²) >= 11 is 0. The van der Waals surface area contributed by atoms with Gasteiger partial charge in [0.05, 0.1) is 5.69 Å². The van der Waals surface area contributed by atoms with E-state index in [9.17, 15) is 4.39 Å². The summed E-state index contributed by atoms with van der Waals surface area (Å²) in [6.07, 6.45) is 5.28. The highest BCUT2D eigenvalue weighted by Gasteiger charge is 2.32. The van der Waals surface area contributed by atoms with Crippen LogP contribution in [0.4, 0.5) is 4.39 Å². The third-order valence-electron chi connectivity index (χ3n) is 7.37. The fourth-order valence-electron chi connectivity index (χ4n) is 5.47. The van der Waals surface area contributed by atoms with Crippen LogP contribution in [0.3, 0.4) is 0 Å². The van der Waals surface area contributed by atoms with Gasteiger partial charge < -0.3 is 20.1 Å². The largest absolute Gasteiger partial charge is 0.356 e. The van der Waals surface area contributed by atoms with Crippen LogP contribution in [-0.4, -0.2) is 53.5 Å². The molecule has 1 aromatic heterocycles. The van der Waals surface area contributed by atoms with Gasteiger partial charge in [-0.1, -0.05) is 11.7 Å². The molecule has 0 bridgehead atoms. The van der Waals surface area contributed by atoms with Crippen molar-refractivity contribution in [1.29, 1.82) is 0 Å². The molecule has 32 heavy (non-hydrogen) atoms. The summed E-state index contributed by atoms with van der Waals surface area (Å²) in [6, 6.07) is 4.69. The molecule has 2 N–H and O–H groups in total. The molecule has 6 nitrogen and oxygen atoms in total. The van der Waals surface area contributed by atoms with E-state index < -0.39 is 0 Å². The predicted molar refractivity (Wildman–Crippen MR) is 125 cm³/mol. The highest BCUT2D eigenvalue weighted by Crippen LogP contribution is 2.35. The molecule has 5 rings (SSSR count). The number of rotatable bonds is 5. The fraction of sp³-hybridized carbons (Fsp3) is 0.520. The number of piperidine rings is 2. The molecule has 3 aliphatic rings. The molecule has 170 valence electrons. The van der Waals surface area contributed by atoms with Crippen molar-refractivity contribution < 1.29 is 8.91 Å². The molecule has 2 saturated heterocycles. The number of hydrogen-bond acceptors (Lipinski definition) is 6. The lowest BCUT2D eigenvalue weighted by Gasteiger charge is -2.40. The average Bonchev–Trinajstić information content (AvgIpc) is 3.22. The Kier molecular flexibility index (Phi) is 5.86. The number of likely N-dealkylation sites (tertiary alicyclic amines) is 1. The molecule has 1 unspecified atom stereocenters. The van der Waals surface area contributed by atoms with Gasteiger partial charge in [0.2, 0.25) is 0 Å². The summed E-state index contributed by atoms with van der Waals surface area (Å²) in [5.41, 5.74) is 11.0. The molecule has 1 atom stereocenters. The first kappa shape index (κ1) is 21.3. The van der Waals surface area contributed by atoms with Crippen molar-refractivity contribution in [2.24, 2.45) is 16.6 Å². The number of aromatic nitrogens is 1. The minimum Gasteiger partial charge on any atom is -0.356 e. The molecule has 1 aromatic carbocycles. The number of benzene rings is 1. The molecule has 2 aromatic rings. The summed E-state index contributed by atoms with van der Waals surface area (Å²) in [6.45, 7) is 11.2. The van der Waals surface area contributed by atoms with Crippen LogP contribution in [0, 0.1) is 11.7 Å². The van der Waals surface area contributed by atoms with E-state index in [-0.39, 0.29) is 5.82 Å². The van der Waals surface area contributed by atoms with Crippen molar-refractivity contribution in [2.45, 2.75) is 44.9 Å². The van der Waals surface area contributed by atoms with Gasteiger partial charge in [-0.2, -0.15) is 0 Å². The van der Waals surface area contributed by atoms with E-state index in [1.165, 1.54) is 17.7 Å². The zero-order valence-electron chi connectivity index (χ0n) is 18.8. The van der Waals surface area contributed by atoms with Gasteiger partial charge >= 0.3 is 0 Å². The number of hydrogen-bond donors (Lipinski definition) is 1. The molecule has 0 radical (unpaired) electrons. The van der Waals surface area contributed by atoms with Crippen LogP contribution < -0.4 is 5.73 Å². The van der Waals surface area contributed by atoms with Crippen molar-refractivity contribution >= 4 is 16.8 Å². The lowest BCUT2D eigenvalue weighted by atomic mass is 9.91. The summed E-state index contributed by atoms with van der Waals surface area (Å²) < 4.78 is 18.8. The number of amidine groups is 1. The Bertz CT molecular complexity index is 1080. The molecule has 7 heteroatoms. The highest BCUT2D eigenvalue weighted by atomic mass is 19.1. The molecule has 0 spiro atoms. The van der Waals surface area contributed by atoms with Gasteiger partial charge in [-0.3, -0.25) is 0 Å². The van der Waals surface area contributed by atoms with E-state index in [0.717, 1.165) is 86.6 Å². The third-order valence-corrected chi connectivity index (χ3v) is 7.37. The lowest BCUT2D eigenvalue weighted by Crippen LogP contribution is -2.45. The van der Waals surface area contributed by atoms with Gasteiger partial charge in [0.15, 0.2) is 5.58 Å². The maximum absolute atomic E-state index is 13.4. The van der Waals surface area contributed by atoms with Crippen molar-refractivity contribution in [3.8, 4) is 0 Å². The molecule has 4 heterocycles. The number of nitrogens with zero attached hydrogens (tertiary/aromatic N) is 4. The lowest BCUT2D eigenvalue weighted by molar-refractivity contribution is 0.211. The smallest absolute Gasteiger partial charge is 0.170 e. The second kappa shape index (κ2) is 8.79. The van der Waals surface area contributed by atoms with Crippen LogP contribution in [0.2, 0.25) is 0 Å². The Balaban J connectivity index is 1.21. The minimum absolute atomic E-state index is 0.288. The zero-order valence-corrected chi connectivity index (χ0v) is 18.8. The third kappa shape index (κ3) is 3.88. The van der Waals surface area contributed by atoms with Gasteiger partial charge in [-0.05, 0) is 69.8 Å². The average molecular weight is 438 g/mol. The number of fused-ring (bicyclic) bond motifs is 2. The summed E-state index contributed by atoms with van der Waals surface area (Å²) in [5.74, 6) is 1.53. The van der Waals surface area contributed by atoms with E-state index >= 15 is 0 Å². The van der Waals surface area contributed by atoms with E-state index in [2.05, 4.69) is 28.5 Å². The van der Waals surface area contributed by atoms with Crippen LogP contribution in [0.25, 0.3) is 11.0 Å². The highest BCUT2D eigenvalue weighted by molar-refractivity contribution is 5.90. The second-order valence-electron chi connectivity index (χ2n) is 9.28. The maximum atomic E-state index is 13.4. The number of allylic oxidation sites excluding steroid dienone is 2. The normalized spacial score (nSPS) is 23.1. The van der Waals surface area contributed by atoms with E-state index in [4.69, 9.17) is 15.2 Å². The van der Waals surface area contributed by atoms with Crippen molar-refractivity contribution in [2.75, 3.05) is 32.7 Å². The first-order valence-electron chi connectivity index (χ1n) is 11.8. The van der Waals surface area contributed by atoms with Crippen LogP contribution in [-0.2, 0) is 0 Å². The van der Waals surface area contributed by atoms with E-state index in [0.29, 0.717) is 24.0 Å². The van der Waals surface area contributed by atoms with Gasteiger partial charge in [-0.25, -0.2) is 9.38 Å². The first-order chi connectivity index (χ1) is 15.5. The molecular weight excluding hydrogens is 405 g/mol. The molecule has 0 amide bonds. The van der Waals surface area contributed by atoms with Gasteiger partial charge in [0.1, 0.15) is 11.7 Å². The van der Waals surface area contributed by atoms with Crippen LogP contribution in [0.15, 0.2) is 51.3 Å². The molecular formula is C25H32FN5O. The maximum Gasteiger partial charge on any atom is 0.170 e. The Hall–Kier alpha value is -2.51. The standard InChI is InChI=1S/C25H32FN5O/c1-16-21(17(2)31-10-3-4-19(15-27)25(31)28-16)9-13-30-11-7-18(8-12-30)24-22-6-5-20(26)14-23(22)32-29-24/h5-6,14,18-19H,2-4,7-13,15,27H2,1H3. The number of nitrogens with two attached hydrogens (primary N) is 1. The second-order valence-corrected chi connectivity index (χ2v) is 9.28. The van der Waals surface area contributed by atoms with Gasteiger partial charge in [0, 0.05) is 54.3 Å². The van der Waals surface area contributed by atoms with E-state index in [1.54, 1.807) is 6.07 Å². The zero-order chi connectivity index (χ0) is 22.2. The van der Waals surface area contributed by atoms with Gasteiger partial charge in [-0.15, -0.1) is 0 Å². The number of aliphatic imine (C=N–C) groups is 1. The topological polar surface area (TPSA) is 70.9 Å². The SMILES string of the molecule is C=C1C(CCN2CCC(c3noc4cc(F)ccc34)CC2)=C(C)N=C2C(CN)CCCN12. The summed E-state index contributed by atoms with van der Waals surface area (Å²) in [5, 5.41) is 5.21. The van der Waals surface area contributed by atoms with Crippen LogP contribution in [0.5, 0.6) is 0 Å². The quantitative estimate of drug-likeness (QED) is 0.750. The Morgan fingerprint density at radius 2 is 2.03 bits per heavy atom. The van der Waals surface area contributed by atoms with Crippen molar-refractivity contribution in [3.05, 3.63) is 53.3 Å². The summed E-state index contributed by atoms with van der Waals surface area (Å²) in [4.78, 5) is 9.77.